The first kappa shape index (κ1) is 14.4. The van der Waals surface area contributed by atoms with E-state index in [-0.39, 0.29) is 0 Å². The Balaban J connectivity index is 1.52. The van der Waals surface area contributed by atoms with Gasteiger partial charge in [0.05, 0.1) is 0 Å². The topological polar surface area (TPSA) is 41.1 Å². The summed E-state index contributed by atoms with van der Waals surface area (Å²) in [6.45, 7) is 4.33. The number of rotatable bonds is 2. The summed E-state index contributed by atoms with van der Waals surface area (Å²) in [5, 5.41) is 6.76. The highest BCUT2D eigenvalue weighted by atomic mass is 16.1. The average molecular weight is 278 g/mol. The quantitative estimate of drug-likeness (QED) is 0.815. The summed E-state index contributed by atoms with van der Waals surface area (Å²) in [6.07, 6.45) is 10.3. The van der Waals surface area contributed by atoms with Crippen LogP contribution in [0, 0.1) is 23.7 Å². The first-order valence-electron chi connectivity index (χ1n) is 8.75. The zero-order chi connectivity index (χ0) is 13.9. The number of nitrogens with one attached hydrogen (secondary N) is 2. The Labute approximate surface area is 123 Å². The van der Waals surface area contributed by atoms with Crippen molar-refractivity contribution in [3.8, 4) is 0 Å². The number of carbonyl (C=O) groups excluding carboxylic acids is 1. The fourth-order valence-electron chi connectivity index (χ4n) is 4.64. The monoisotopic (exact) mass is 278 g/mol. The fraction of sp³-hybridized carbons (Fsp3) is 0.941. The number of fused-ring (bicyclic) bond motifs is 1. The van der Waals surface area contributed by atoms with E-state index in [2.05, 4.69) is 17.6 Å². The molecule has 3 aliphatic rings. The lowest BCUT2D eigenvalue weighted by Gasteiger charge is -2.39. The van der Waals surface area contributed by atoms with Crippen LogP contribution >= 0.6 is 0 Å². The molecule has 3 heteroatoms. The average Bonchev–Trinajstić information content (AvgIpc) is 2.49. The standard InChI is InChI=1S/C17H30N2O/c1-12-11-18-9-8-16(12)19-17(20)15-7-6-13-4-2-3-5-14(13)10-15/h12-16,18H,2-11H2,1H3,(H,19,20). The van der Waals surface area contributed by atoms with Gasteiger partial charge in [-0.2, -0.15) is 0 Å². The summed E-state index contributed by atoms with van der Waals surface area (Å²) in [6, 6.07) is 0.396. The Morgan fingerprint density at radius 1 is 1.05 bits per heavy atom. The summed E-state index contributed by atoms with van der Waals surface area (Å²) in [7, 11) is 0. The van der Waals surface area contributed by atoms with Gasteiger partial charge in [0, 0.05) is 12.0 Å². The molecule has 0 aromatic heterocycles. The van der Waals surface area contributed by atoms with Gasteiger partial charge in [-0.05, 0) is 56.5 Å². The smallest absolute Gasteiger partial charge is 0.223 e. The largest absolute Gasteiger partial charge is 0.353 e. The highest BCUT2D eigenvalue weighted by Gasteiger charge is 2.36. The van der Waals surface area contributed by atoms with E-state index < -0.39 is 0 Å². The third-order valence-electron chi connectivity index (χ3n) is 6.02. The first-order chi connectivity index (χ1) is 9.74. The minimum absolute atomic E-state index is 0.302. The molecule has 2 N–H and O–H groups in total. The third-order valence-corrected chi connectivity index (χ3v) is 6.02. The van der Waals surface area contributed by atoms with E-state index in [1.165, 1.54) is 32.1 Å². The second-order valence-corrected chi connectivity index (χ2v) is 7.40. The SMILES string of the molecule is CC1CNCCC1NC(=O)C1CCC2CCCCC2C1. The number of piperidine rings is 1. The van der Waals surface area contributed by atoms with Crippen molar-refractivity contribution >= 4 is 5.91 Å². The molecule has 3 nitrogen and oxygen atoms in total. The van der Waals surface area contributed by atoms with Crippen molar-refractivity contribution in [2.75, 3.05) is 13.1 Å². The van der Waals surface area contributed by atoms with E-state index in [4.69, 9.17) is 0 Å². The molecule has 0 spiro atoms. The zero-order valence-corrected chi connectivity index (χ0v) is 12.9. The third kappa shape index (κ3) is 3.19. The van der Waals surface area contributed by atoms with Gasteiger partial charge in [0.1, 0.15) is 0 Å². The Morgan fingerprint density at radius 2 is 1.85 bits per heavy atom. The number of amides is 1. The lowest BCUT2D eigenvalue weighted by atomic mass is 9.67. The maximum atomic E-state index is 12.6. The predicted molar refractivity (Wildman–Crippen MR) is 81.4 cm³/mol. The van der Waals surface area contributed by atoms with Gasteiger partial charge in [0.15, 0.2) is 0 Å². The summed E-state index contributed by atoms with van der Waals surface area (Å²) in [4.78, 5) is 12.6. The second kappa shape index (κ2) is 6.46. The predicted octanol–water partition coefficient (Wildman–Crippen LogP) is 2.71. The summed E-state index contributed by atoms with van der Waals surface area (Å²) < 4.78 is 0. The Kier molecular flexibility index (Phi) is 4.65. The molecule has 1 saturated heterocycles. The van der Waals surface area contributed by atoms with Gasteiger partial charge >= 0.3 is 0 Å². The Hall–Kier alpha value is -0.570. The van der Waals surface area contributed by atoms with Crippen molar-refractivity contribution in [2.45, 2.75) is 64.3 Å². The molecule has 2 aliphatic carbocycles. The lowest BCUT2D eigenvalue weighted by molar-refractivity contribution is -0.128. The molecule has 114 valence electrons. The Morgan fingerprint density at radius 3 is 2.65 bits per heavy atom. The molecule has 1 amide bonds. The number of hydrogen-bond donors (Lipinski definition) is 2. The van der Waals surface area contributed by atoms with Crippen molar-refractivity contribution in [2.24, 2.45) is 23.7 Å². The Bertz CT molecular complexity index is 344. The summed E-state index contributed by atoms with van der Waals surface area (Å²) in [5.41, 5.74) is 0. The van der Waals surface area contributed by atoms with Gasteiger partial charge in [-0.15, -0.1) is 0 Å². The summed E-state index contributed by atoms with van der Waals surface area (Å²) >= 11 is 0. The van der Waals surface area contributed by atoms with Crippen LogP contribution in [0.1, 0.15) is 58.3 Å². The van der Waals surface area contributed by atoms with E-state index in [0.29, 0.717) is 23.8 Å². The van der Waals surface area contributed by atoms with Gasteiger partial charge in [-0.1, -0.05) is 32.6 Å². The van der Waals surface area contributed by atoms with Crippen LogP contribution in [-0.2, 0) is 4.79 Å². The molecule has 5 unspecified atom stereocenters. The highest BCUT2D eigenvalue weighted by molar-refractivity contribution is 5.79. The van der Waals surface area contributed by atoms with E-state index in [1.54, 1.807) is 0 Å². The maximum Gasteiger partial charge on any atom is 0.223 e. The van der Waals surface area contributed by atoms with E-state index in [0.717, 1.165) is 44.2 Å². The highest BCUT2D eigenvalue weighted by Crippen LogP contribution is 2.42. The molecule has 2 saturated carbocycles. The molecule has 0 radical (unpaired) electrons. The number of carbonyl (C=O) groups is 1. The van der Waals surface area contributed by atoms with Crippen LogP contribution in [0.2, 0.25) is 0 Å². The molecular weight excluding hydrogens is 248 g/mol. The zero-order valence-electron chi connectivity index (χ0n) is 12.9. The second-order valence-electron chi connectivity index (χ2n) is 7.40. The van der Waals surface area contributed by atoms with Gasteiger partial charge in [-0.25, -0.2) is 0 Å². The molecule has 3 rings (SSSR count). The minimum atomic E-state index is 0.302. The van der Waals surface area contributed by atoms with Crippen molar-refractivity contribution in [1.82, 2.24) is 10.6 Å². The van der Waals surface area contributed by atoms with Crippen LogP contribution in [0.25, 0.3) is 0 Å². The van der Waals surface area contributed by atoms with Crippen LogP contribution in [0.3, 0.4) is 0 Å². The molecule has 20 heavy (non-hydrogen) atoms. The van der Waals surface area contributed by atoms with Crippen LogP contribution in [0.4, 0.5) is 0 Å². The van der Waals surface area contributed by atoms with Crippen molar-refractivity contribution in [3.63, 3.8) is 0 Å². The molecule has 1 heterocycles. The molecule has 5 atom stereocenters. The van der Waals surface area contributed by atoms with Crippen molar-refractivity contribution in [1.29, 1.82) is 0 Å². The van der Waals surface area contributed by atoms with Crippen LogP contribution in [0.15, 0.2) is 0 Å². The summed E-state index contributed by atoms with van der Waals surface area (Å²) in [5.74, 6) is 3.01. The van der Waals surface area contributed by atoms with Crippen LogP contribution in [-0.4, -0.2) is 25.0 Å². The molecular formula is C17H30N2O. The van der Waals surface area contributed by atoms with E-state index in [1.807, 2.05) is 0 Å². The van der Waals surface area contributed by atoms with Gasteiger partial charge in [-0.3, -0.25) is 4.79 Å². The van der Waals surface area contributed by atoms with Crippen molar-refractivity contribution in [3.05, 3.63) is 0 Å². The number of hydrogen-bond acceptors (Lipinski definition) is 2. The van der Waals surface area contributed by atoms with Gasteiger partial charge in [0.2, 0.25) is 5.91 Å². The van der Waals surface area contributed by atoms with E-state index in [9.17, 15) is 4.79 Å². The lowest BCUT2D eigenvalue weighted by Crippen LogP contribution is -2.50. The van der Waals surface area contributed by atoms with Crippen molar-refractivity contribution < 1.29 is 4.79 Å². The first-order valence-corrected chi connectivity index (χ1v) is 8.75. The molecule has 0 bridgehead atoms. The minimum Gasteiger partial charge on any atom is -0.353 e. The molecule has 1 aliphatic heterocycles. The van der Waals surface area contributed by atoms with Gasteiger partial charge < -0.3 is 10.6 Å². The van der Waals surface area contributed by atoms with Gasteiger partial charge in [0.25, 0.3) is 0 Å². The van der Waals surface area contributed by atoms with Crippen LogP contribution in [0.5, 0.6) is 0 Å². The van der Waals surface area contributed by atoms with Crippen LogP contribution < -0.4 is 10.6 Å². The molecule has 0 aromatic rings. The van der Waals surface area contributed by atoms with E-state index >= 15 is 0 Å². The maximum absolute atomic E-state index is 12.6. The molecule has 3 fully saturated rings. The normalized spacial score (nSPS) is 41.8. The fourth-order valence-corrected chi connectivity index (χ4v) is 4.64. The molecule has 0 aromatic carbocycles.